The molecule has 2 aliphatic rings. The van der Waals surface area contributed by atoms with Crippen molar-refractivity contribution in [3.05, 3.63) is 40.3 Å². The van der Waals surface area contributed by atoms with Gasteiger partial charge in [0.1, 0.15) is 11.5 Å². The van der Waals surface area contributed by atoms with Crippen LogP contribution >= 0.6 is 11.6 Å². The van der Waals surface area contributed by atoms with Crippen LogP contribution in [0.1, 0.15) is 28.9 Å². The minimum absolute atomic E-state index is 0.0398. The molecular formula is C19H19ClF3N5O2. The van der Waals surface area contributed by atoms with E-state index in [1.807, 2.05) is 0 Å². The third-order valence-corrected chi connectivity index (χ3v) is 5.96. The second-order valence-electron chi connectivity index (χ2n) is 7.44. The third kappa shape index (κ3) is 3.60. The zero-order valence-corrected chi connectivity index (χ0v) is 16.5. The van der Waals surface area contributed by atoms with E-state index in [1.165, 1.54) is 23.1 Å². The van der Waals surface area contributed by atoms with Gasteiger partial charge in [0, 0.05) is 24.1 Å². The molecule has 11 heteroatoms. The lowest BCUT2D eigenvalue weighted by atomic mass is 9.80. The Morgan fingerprint density at radius 2 is 2.03 bits per heavy atom. The number of hydrogen-bond acceptors (Lipinski definition) is 3. The number of hydrogen-bond donors (Lipinski definition) is 2. The molecule has 2 aromatic rings. The van der Waals surface area contributed by atoms with Crippen LogP contribution in [-0.4, -0.2) is 45.6 Å². The molecule has 3 N–H and O–H groups in total. The maximum absolute atomic E-state index is 13.5. The Balaban J connectivity index is 1.58. The van der Waals surface area contributed by atoms with Crippen LogP contribution in [0.25, 0.3) is 11.3 Å². The number of nitrogens with one attached hydrogen (secondary N) is 1. The zero-order chi connectivity index (χ0) is 21.6. The molecule has 1 saturated carbocycles. The van der Waals surface area contributed by atoms with Gasteiger partial charge in [-0.1, -0.05) is 11.6 Å². The number of alkyl halides is 2. The molecule has 1 fully saturated rings. The molecule has 1 aromatic heterocycles. The van der Waals surface area contributed by atoms with Crippen molar-refractivity contribution >= 4 is 23.5 Å². The van der Waals surface area contributed by atoms with Crippen molar-refractivity contribution in [3.8, 4) is 11.3 Å². The van der Waals surface area contributed by atoms with E-state index in [9.17, 15) is 22.8 Å². The lowest BCUT2D eigenvalue weighted by Gasteiger charge is -2.38. The van der Waals surface area contributed by atoms with Crippen LogP contribution in [0.4, 0.5) is 18.0 Å². The molecule has 3 amide bonds. The van der Waals surface area contributed by atoms with Gasteiger partial charge in [0.05, 0.1) is 29.4 Å². The molecule has 1 aliphatic carbocycles. The van der Waals surface area contributed by atoms with E-state index in [-0.39, 0.29) is 29.4 Å². The second-order valence-corrected chi connectivity index (χ2v) is 7.85. The Hall–Kier alpha value is -2.75. The van der Waals surface area contributed by atoms with Crippen LogP contribution in [0, 0.1) is 11.7 Å². The summed E-state index contributed by atoms with van der Waals surface area (Å²) in [7, 11) is 0. The number of nitrogens with two attached hydrogens (primary N) is 1. The molecule has 0 spiro atoms. The number of carbonyl (C=O) groups is 2. The maximum Gasteiger partial charge on any atom is 0.318 e. The average Bonchev–Trinajstić information content (AvgIpc) is 3.05. The number of nitrogens with zero attached hydrogens (tertiary/aromatic N) is 3. The fraction of sp³-hybridized carbons (Fsp3) is 0.421. The standard InChI is InChI=1S/C19H19ClF3N5O2/c20-11-7-9(1-3-12(11)21)16-15(18(24)29)14-8-27(5-6-28(14)26-16)19(30)25-13-4-2-10(13)17(22)23/h1,3,7,10,13,17H,2,4-6,8H2,(H2,24,29)(H,25,30)/t10-,13?/m1/s1. The molecule has 4 rings (SSSR count). The first-order valence-electron chi connectivity index (χ1n) is 9.44. The smallest absolute Gasteiger partial charge is 0.318 e. The van der Waals surface area contributed by atoms with Crippen molar-refractivity contribution in [1.29, 1.82) is 0 Å². The average molecular weight is 442 g/mol. The van der Waals surface area contributed by atoms with E-state index in [4.69, 9.17) is 17.3 Å². The Kier molecular flexibility index (Phi) is 5.35. The van der Waals surface area contributed by atoms with E-state index in [2.05, 4.69) is 10.4 Å². The summed E-state index contributed by atoms with van der Waals surface area (Å²) >= 11 is 5.85. The SMILES string of the molecule is NC(=O)c1c(-c2ccc(F)c(Cl)c2)nn2c1CN(C(=O)NC1CC[C@H]1C(F)F)CC2. The molecule has 7 nitrogen and oxygen atoms in total. The number of halogens is 4. The summed E-state index contributed by atoms with van der Waals surface area (Å²) < 4.78 is 40.9. The summed E-state index contributed by atoms with van der Waals surface area (Å²) in [5, 5.41) is 6.94. The molecule has 0 bridgehead atoms. The fourth-order valence-corrected chi connectivity index (χ4v) is 4.03. The van der Waals surface area contributed by atoms with E-state index >= 15 is 0 Å². The van der Waals surface area contributed by atoms with Crippen molar-refractivity contribution in [2.24, 2.45) is 11.7 Å². The quantitative estimate of drug-likeness (QED) is 0.763. The van der Waals surface area contributed by atoms with Crippen molar-refractivity contribution in [2.75, 3.05) is 6.54 Å². The largest absolute Gasteiger partial charge is 0.365 e. The van der Waals surface area contributed by atoms with E-state index in [0.29, 0.717) is 30.6 Å². The molecule has 0 radical (unpaired) electrons. The summed E-state index contributed by atoms with van der Waals surface area (Å²) in [5.41, 5.74) is 6.78. The normalized spacial score (nSPS) is 20.6. The van der Waals surface area contributed by atoms with E-state index in [0.717, 1.165) is 0 Å². The number of carbonyl (C=O) groups excluding carboxylic acids is 2. The number of benzene rings is 1. The molecule has 160 valence electrons. The minimum Gasteiger partial charge on any atom is -0.365 e. The number of primary amides is 1. The zero-order valence-electron chi connectivity index (χ0n) is 15.7. The Labute approximate surface area is 175 Å². The van der Waals surface area contributed by atoms with Crippen LogP contribution in [-0.2, 0) is 13.1 Å². The summed E-state index contributed by atoms with van der Waals surface area (Å²) in [4.78, 5) is 26.2. The highest BCUT2D eigenvalue weighted by atomic mass is 35.5. The van der Waals surface area contributed by atoms with Crippen LogP contribution < -0.4 is 11.1 Å². The van der Waals surface area contributed by atoms with Gasteiger partial charge in [-0.25, -0.2) is 18.0 Å². The first-order valence-corrected chi connectivity index (χ1v) is 9.82. The van der Waals surface area contributed by atoms with Crippen molar-refractivity contribution in [1.82, 2.24) is 20.0 Å². The monoisotopic (exact) mass is 441 g/mol. The Morgan fingerprint density at radius 1 is 1.27 bits per heavy atom. The predicted molar refractivity (Wildman–Crippen MR) is 103 cm³/mol. The maximum atomic E-state index is 13.5. The first-order chi connectivity index (χ1) is 14.3. The van der Waals surface area contributed by atoms with Gasteiger partial charge in [-0.3, -0.25) is 9.48 Å². The molecule has 1 aliphatic heterocycles. The molecule has 1 unspecified atom stereocenters. The summed E-state index contributed by atoms with van der Waals surface area (Å²) in [6.07, 6.45) is -1.59. The molecular weight excluding hydrogens is 423 g/mol. The van der Waals surface area contributed by atoms with Gasteiger partial charge in [0.2, 0.25) is 6.43 Å². The van der Waals surface area contributed by atoms with Gasteiger partial charge >= 0.3 is 6.03 Å². The number of fused-ring (bicyclic) bond motifs is 1. The number of rotatable bonds is 4. The van der Waals surface area contributed by atoms with Crippen LogP contribution in [0.15, 0.2) is 18.2 Å². The molecule has 2 heterocycles. The summed E-state index contributed by atoms with van der Waals surface area (Å²) in [6.45, 7) is 0.618. The minimum atomic E-state index is -2.47. The van der Waals surface area contributed by atoms with Gasteiger partial charge in [-0.15, -0.1) is 0 Å². The second kappa shape index (κ2) is 7.82. The van der Waals surface area contributed by atoms with Gasteiger partial charge in [-0.2, -0.15) is 5.10 Å². The van der Waals surface area contributed by atoms with Gasteiger partial charge < -0.3 is 16.0 Å². The van der Waals surface area contributed by atoms with E-state index < -0.39 is 36.1 Å². The highest BCUT2D eigenvalue weighted by Gasteiger charge is 2.39. The number of urea groups is 1. The van der Waals surface area contributed by atoms with Gasteiger partial charge in [-0.05, 0) is 31.0 Å². The lowest BCUT2D eigenvalue weighted by molar-refractivity contribution is 0.00917. The highest BCUT2D eigenvalue weighted by molar-refractivity contribution is 6.31. The van der Waals surface area contributed by atoms with Crippen molar-refractivity contribution in [2.45, 2.75) is 38.4 Å². The van der Waals surface area contributed by atoms with Crippen LogP contribution in [0.5, 0.6) is 0 Å². The molecule has 1 aromatic carbocycles. The topological polar surface area (TPSA) is 93.2 Å². The van der Waals surface area contributed by atoms with Crippen molar-refractivity contribution in [3.63, 3.8) is 0 Å². The summed E-state index contributed by atoms with van der Waals surface area (Å²) in [6, 6.07) is 2.92. The Bertz CT molecular complexity index is 1010. The lowest BCUT2D eigenvalue weighted by Crippen LogP contribution is -2.54. The molecule has 0 saturated heterocycles. The van der Waals surface area contributed by atoms with Crippen molar-refractivity contribution < 1.29 is 22.8 Å². The van der Waals surface area contributed by atoms with Gasteiger partial charge in [0.25, 0.3) is 5.91 Å². The predicted octanol–water partition coefficient (Wildman–Crippen LogP) is 3.01. The van der Waals surface area contributed by atoms with Crippen LogP contribution in [0.2, 0.25) is 5.02 Å². The van der Waals surface area contributed by atoms with Gasteiger partial charge in [0.15, 0.2) is 0 Å². The Morgan fingerprint density at radius 3 is 2.63 bits per heavy atom. The van der Waals surface area contributed by atoms with Crippen LogP contribution in [0.3, 0.4) is 0 Å². The number of aromatic nitrogens is 2. The number of amides is 3. The highest BCUT2D eigenvalue weighted by Crippen LogP contribution is 2.34. The third-order valence-electron chi connectivity index (χ3n) is 5.67. The summed E-state index contributed by atoms with van der Waals surface area (Å²) in [5.74, 6) is -2.18. The fourth-order valence-electron chi connectivity index (χ4n) is 3.85. The molecule has 30 heavy (non-hydrogen) atoms. The van der Waals surface area contributed by atoms with E-state index in [1.54, 1.807) is 4.68 Å². The molecule has 2 atom stereocenters. The first kappa shape index (κ1) is 20.5.